The molecular formula is C14H12F2O3S. The third-order valence-corrected chi connectivity index (χ3v) is 4.20. The van der Waals surface area contributed by atoms with Crippen molar-refractivity contribution in [2.24, 2.45) is 0 Å². The number of halogens is 2. The van der Waals surface area contributed by atoms with E-state index >= 15 is 0 Å². The molecule has 0 fully saturated rings. The molecule has 0 radical (unpaired) electrons. The Balaban J connectivity index is 2.50. The molecule has 0 amide bonds. The highest BCUT2D eigenvalue weighted by molar-refractivity contribution is 7.12. The van der Waals surface area contributed by atoms with Crippen molar-refractivity contribution >= 4 is 17.3 Å². The van der Waals surface area contributed by atoms with E-state index in [9.17, 15) is 18.7 Å². The quantitative estimate of drug-likeness (QED) is 0.910. The minimum atomic E-state index is -1.41. The highest BCUT2D eigenvalue weighted by Gasteiger charge is 2.22. The average Bonchev–Trinajstić information content (AvgIpc) is 2.89. The van der Waals surface area contributed by atoms with Gasteiger partial charge in [0.15, 0.2) is 11.6 Å². The fourth-order valence-electron chi connectivity index (χ4n) is 1.86. The van der Waals surface area contributed by atoms with Crippen LogP contribution in [0.3, 0.4) is 0 Å². The molecule has 6 heteroatoms. The van der Waals surface area contributed by atoms with E-state index in [1.807, 2.05) is 13.0 Å². The molecule has 0 aliphatic rings. The summed E-state index contributed by atoms with van der Waals surface area (Å²) in [5, 5.41) is 19.2. The zero-order valence-corrected chi connectivity index (χ0v) is 11.4. The topological polar surface area (TPSA) is 57.5 Å². The highest BCUT2D eigenvalue weighted by Crippen LogP contribution is 2.31. The Kier molecular flexibility index (Phi) is 4.15. The highest BCUT2D eigenvalue weighted by atomic mass is 32.1. The minimum Gasteiger partial charge on any atom is -0.478 e. The van der Waals surface area contributed by atoms with Crippen molar-refractivity contribution in [3.8, 4) is 0 Å². The van der Waals surface area contributed by atoms with Crippen molar-refractivity contribution in [2.45, 2.75) is 19.4 Å². The fraction of sp³-hybridized carbons (Fsp3) is 0.214. The number of aryl methyl sites for hydroxylation is 1. The maximum Gasteiger partial charge on any atom is 0.336 e. The van der Waals surface area contributed by atoms with Crippen LogP contribution in [0.5, 0.6) is 0 Å². The van der Waals surface area contributed by atoms with Gasteiger partial charge in [-0.2, -0.15) is 0 Å². The van der Waals surface area contributed by atoms with Crippen LogP contribution in [0.1, 0.15) is 38.7 Å². The third-order valence-electron chi connectivity index (χ3n) is 2.92. The number of aliphatic hydroxyl groups excluding tert-OH is 1. The summed E-state index contributed by atoms with van der Waals surface area (Å²) in [5.74, 6) is -3.85. The van der Waals surface area contributed by atoms with Gasteiger partial charge in [0, 0.05) is 15.3 Å². The van der Waals surface area contributed by atoms with E-state index in [1.165, 1.54) is 11.3 Å². The van der Waals surface area contributed by atoms with Crippen LogP contribution in [0.15, 0.2) is 24.3 Å². The zero-order valence-electron chi connectivity index (χ0n) is 10.6. The van der Waals surface area contributed by atoms with Crippen LogP contribution in [-0.4, -0.2) is 16.2 Å². The van der Waals surface area contributed by atoms with Gasteiger partial charge < -0.3 is 10.2 Å². The minimum absolute atomic E-state index is 0.152. The summed E-state index contributed by atoms with van der Waals surface area (Å²) in [6.07, 6.45) is -0.512. The first-order valence-electron chi connectivity index (χ1n) is 5.93. The van der Waals surface area contributed by atoms with Gasteiger partial charge in [-0.1, -0.05) is 6.92 Å². The molecule has 1 aromatic carbocycles. The zero-order chi connectivity index (χ0) is 14.9. The van der Waals surface area contributed by atoms with Crippen LogP contribution in [0.2, 0.25) is 0 Å². The molecule has 0 saturated heterocycles. The lowest BCUT2D eigenvalue weighted by Crippen LogP contribution is -2.09. The van der Waals surface area contributed by atoms with Crippen LogP contribution in [0, 0.1) is 11.6 Å². The van der Waals surface area contributed by atoms with Gasteiger partial charge >= 0.3 is 5.97 Å². The molecule has 3 nitrogen and oxygen atoms in total. The molecule has 2 rings (SSSR count). The van der Waals surface area contributed by atoms with Crippen molar-refractivity contribution in [1.29, 1.82) is 0 Å². The smallest absolute Gasteiger partial charge is 0.336 e. The molecule has 2 N–H and O–H groups in total. The molecule has 0 spiro atoms. The molecule has 1 aromatic heterocycles. The number of aliphatic hydroxyl groups is 1. The maximum atomic E-state index is 13.3. The molecule has 1 unspecified atom stereocenters. The Morgan fingerprint density at radius 2 is 1.95 bits per heavy atom. The first-order valence-corrected chi connectivity index (χ1v) is 6.74. The summed E-state index contributed by atoms with van der Waals surface area (Å²) in [7, 11) is 0. The largest absolute Gasteiger partial charge is 0.478 e. The standard InChI is InChI=1S/C14H12F2O3S/c1-2-7-3-4-12(20-7)13(17)8-5-10(15)11(16)6-9(8)14(18)19/h3-6,13,17H,2H2,1H3,(H,18,19). The van der Waals surface area contributed by atoms with Crippen LogP contribution in [0.4, 0.5) is 8.78 Å². The second-order valence-electron chi connectivity index (χ2n) is 4.22. The number of aromatic carboxylic acids is 1. The number of carboxylic acids is 1. The third kappa shape index (κ3) is 2.71. The lowest BCUT2D eigenvalue weighted by molar-refractivity contribution is 0.0690. The monoisotopic (exact) mass is 298 g/mol. The number of hydrogen-bond donors (Lipinski definition) is 2. The second-order valence-corrected chi connectivity index (χ2v) is 5.42. The van der Waals surface area contributed by atoms with Crippen LogP contribution in [0.25, 0.3) is 0 Å². The van der Waals surface area contributed by atoms with Gasteiger partial charge in [-0.25, -0.2) is 13.6 Å². The summed E-state index contributed by atoms with van der Waals surface area (Å²) in [6, 6.07) is 4.78. The Hall–Kier alpha value is -1.79. The van der Waals surface area contributed by atoms with E-state index in [-0.39, 0.29) is 5.56 Å². The SMILES string of the molecule is CCc1ccc(C(O)c2cc(F)c(F)cc2C(=O)O)s1. The Labute approximate surface area is 118 Å². The normalized spacial score (nSPS) is 12.4. The molecule has 0 bridgehead atoms. The summed E-state index contributed by atoms with van der Waals surface area (Å²) in [6.45, 7) is 1.95. The fourth-order valence-corrected chi connectivity index (χ4v) is 2.82. The predicted octanol–water partition coefficient (Wildman–Crippen LogP) is 3.37. The molecule has 0 saturated carbocycles. The molecule has 106 valence electrons. The van der Waals surface area contributed by atoms with Gasteiger partial charge in [0.1, 0.15) is 6.10 Å². The van der Waals surface area contributed by atoms with E-state index in [0.717, 1.165) is 17.4 Å². The van der Waals surface area contributed by atoms with Crippen molar-refractivity contribution in [1.82, 2.24) is 0 Å². The first-order chi connectivity index (χ1) is 9.43. The van der Waals surface area contributed by atoms with Crippen molar-refractivity contribution in [2.75, 3.05) is 0 Å². The Morgan fingerprint density at radius 1 is 1.30 bits per heavy atom. The molecule has 0 aliphatic carbocycles. The lowest BCUT2D eigenvalue weighted by Gasteiger charge is -2.12. The van der Waals surface area contributed by atoms with E-state index < -0.39 is 29.3 Å². The number of benzene rings is 1. The lowest BCUT2D eigenvalue weighted by atomic mass is 10.0. The summed E-state index contributed by atoms with van der Waals surface area (Å²) >= 11 is 1.31. The Morgan fingerprint density at radius 3 is 2.50 bits per heavy atom. The maximum absolute atomic E-state index is 13.3. The second kappa shape index (κ2) is 5.68. The molecule has 20 heavy (non-hydrogen) atoms. The molecule has 1 heterocycles. The van der Waals surface area contributed by atoms with Gasteiger partial charge in [-0.05, 0) is 30.7 Å². The van der Waals surface area contributed by atoms with E-state index in [4.69, 9.17) is 5.11 Å². The van der Waals surface area contributed by atoms with Crippen LogP contribution in [-0.2, 0) is 6.42 Å². The van der Waals surface area contributed by atoms with E-state index in [1.54, 1.807) is 6.07 Å². The molecule has 0 aliphatic heterocycles. The average molecular weight is 298 g/mol. The number of carboxylic acid groups (broad SMARTS) is 1. The van der Waals surface area contributed by atoms with Crippen LogP contribution >= 0.6 is 11.3 Å². The summed E-state index contributed by atoms with van der Waals surface area (Å²) in [4.78, 5) is 12.6. The van der Waals surface area contributed by atoms with Gasteiger partial charge in [0.05, 0.1) is 5.56 Å². The van der Waals surface area contributed by atoms with Crippen molar-refractivity contribution < 1.29 is 23.8 Å². The first kappa shape index (κ1) is 14.6. The predicted molar refractivity (Wildman–Crippen MR) is 71.1 cm³/mol. The number of rotatable bonds is 4. The van der Waals surface area contributed by atoms with Gasteiger partial charge in [0.2, 0.25) is 0 Å². The van der Waals surface area contributed by atoms with Gasteiger partial charge in [0.25, 0.3) is 0 Å². The summed E-state index contributed by atoms with van der Waals surface area (Å²) in [5.41, 5.74) is -0.594. The van der Waals surface area contributed by atoms with Crippen molar-refractivity contribution in [3.05, 3.63) is 56.8 Å². The van der Waals surface area contributed by atoms with Gasteiger partial charge in [-0.3, -0.25) is 0 Å². The molecule has 2 aromatic rings. The Bertz CT molecular complexity index is 652. The van der Waals surface area contributed by atoms with Crippen LogP contribution < -0.4 is 0 Å². The molecular weight excluding hydrogens is 286 g/mol. The summed E-state index contributed by atoms with van der Waals surface area (Å²) < 4.78 is 26.4. The number of hydrogen-bond acceptors (Lipinski definition) is 3. The number of carbonyl (C=O) groups is 1. The van der Waals surface area contributed by atoms with Gasteiger partial charge in [-0.15, -0.1) is 11.3 Å². The molecule has 1 atom stereocenters. The number of thiophene rings is 1. The van der Waals surface area contributed by atoms with E-state index in [2.05, 4.69) is 0 Å². The van der Waals surface area contributed by atoms with E-state index in [0.29, 0.717) is 10.9 Å². The van der Waals surface area contributed by atoms with Crippen molar-refractivity contribution in [3.63, 3.8) is 0 Å².